The lowest BCUT2D eigenvalue weighted by Crippen LogP contribution is -2.11. The summed E-state index contributed by atoms with van der Waals surface area (Å²) >= 11 is 0. The monoisotopic (exact) mass is 579 g/mol. The minimum atomic E-state index is -1.44. The summed E-state index contributed by atoms with van der Waals surface area (Å²) in [5, 5.41) is 9.37. The summed E-state index contributed by atoms with van der Waals surface area (Å²) in [4.78, 5) is 20.0. The van der Waals surface area contributed by atoms with Crippen LogP contribution in [0.25, 0.3) is 22.3 Å². The van der Waals surface area contributed by atoms with Crippen molar-refractivity contribution in [3.05, 3.63) is 112 Å². The lowest BCUT2D eigenvalue weighted by atomic mass is 10.0. The number of methoxy groups -OCH3 is 1. The lowest BCUT2D eigenvalue weighted by Gasteiger charge is -2.13. The highest BCUT2D eigenvalue weighted by Crippen LogP contribution is 2.31. The molecule has 216 valence electrons. The van der Waals surface area contributed by atoms with Crippen molar-refractivity contribution in [2.45, 2.75) is 26.5 Å². The molecule has 5 rings (SSSR count). The number of aromatic carboxylic acids is 1. The highest BCUT2D eigenvalue weighted by atomic mass is 19.2. The number of hydrogen-bond acceptors (Lipinski definition) is 5. The van der Waals surface area contributed by atoms with Gasteiger partial charge < -0.3 is 19.1 Å². The van der Waals surface area contributed by atoms with E-state index in [0.717, 1.165) is 11.6 Å². The Balaban J connectivity index is 1.45. The Morgan fingerprint density at radius 2 is 1.74 bits per heavy atom. The Morgan fingerprint density at radius 3 is 2.48 bits per heavy atom. The Bertz CT molecular complexity index is 1810. The van der Waals surface area contributed by atoms with Gasteiger partial charge in [-0.1, -0.05) is 18.2 Å². The Morgan fingerprint density at radius 1 is 0.929 bits per heavy atom. The number of benzene rings is 3. The van der Waals surface area contributed by atoms with Crippen LogP contribution in [-0.4, -0.2) is 39.3 Å². The van der Waals surface area contributed by atoms with Gasteiger partial charge in [0.1, 0.15) is 24.1 Å². The first-order valence-corrected chi connectivity index (χ1v) is 12.9. The van der Waals surface area contributed by atoms with E-state index in [1.54, 1.807) is 23.6 Å². The van der Waals surface area contributed by atoms with Crippen molar-refractivity contribution in [3.63, 3.8) is 0 Å². The number of aromatic nitrogens is 3. The molecule has 3 aromatic carbocycles. The van der Waals surface area contributed by atoms with Crippen LogP contribution >= 0.6 is 0 Å². The Hall–Kier alpha value is -4.77. The number of hydrogen-bond donors (Lipinski definition) is 1. The number of rotatable bonds is 10. The molecule has 0 atom stereocenters. The molecule has 11 heteroatoms. The van der Waals surface area contributed by atoms with Crippen LogP contribution in [0.15, 0.2) is 60.7 Å². The number of carbonyl (C=O) groups is 1. The van der Waals surface area contributed by atoms with Crippen molar-refractivity contribution in [1.82, 2.24) is 14.5 Å². The molecule has 0 saturated heterocycles. The van der Waals surface area contributed by atoms with Gasteiger partial charge in [0.2, 0.25) is 5.88 Å². The molecule has 0 amide bonds. The quantitative estimate of drug-likeness (QED) is 0.151. The van der Waals surface area contributed by atoms with Gasteiger partial charge in [-0.05, 0) is 48.9 Å². The summed E-state index contributed by atoms with van der Waals surface area (Å²) in [5.74, 6) is -5.11. The number of halogens is 4. The zero-order valence-electron chi connectivity index (χ0n) is 22.6. The van der Waals surface area contributed by atoms with Crippen LogP contribution in [0.2, 0.25) is 0 Å². The fraction of sp³-hybridized carbons (Fsp3) is 0.194. The first-order valence-electron chi connectivity index (χ1n) is 12.9. The van der Waals surface area contributed by atoms with E-state index in [0.29, 0.717) is 11.0 Å². The molecule has 0 saturated carbocycles. The van der Waals surface area contributed by atoms with Crippen LogP contribution in [0, 0.1) is 30.2 Å². The molecule has 0 aliphatic heterocycles. The van der Waals surface area contributed by atoms with Crippen molar-refractivity contribution < 1.29 is 36.9 Å². The summed E-state index contributed by atoms with van der Waals surface area (Å²) in [6.45, 7) is 2.07. The average Bonchev–Trinajstić information content (AvgIpc) is 3.30. The van der Waals surface area contributed by atoms with Crippen LogP contribution in [-0.2, 0) is 24.3 Å². The van der Waals surface area contributed by atoms with Gasteiger partial charge in [-0.2, -0.15) is 0 Å². The van der Waals surface area contributed by atoms with E-state index in [-0.39, 0.29) is 60.3 Å². The van der Waals surface area contributed by atoms with Crippen LogP contribution in [0.5, 0.6) is 5.88 Å². The largest absolute Gasteiger partial charge is 0.478 e. The summed E-state index contributed by atoms with van der Waals surface area (Å²) in [5.41, 5.74) is 0.783. The van der Waals surface area contributed by atoms with Gasteiger partial charge in [0.15, 0.2) is 11.6 Å². The van der Waals surface area contributed by atoms with Gasteiger partial charge in [0.05, 0.1) is 34.5 Å². The Kier molecular flexibility index (Phi) is 8.21. The zero-order chi connectivity index (χ0) is 30.0. The number of fused-ring (bicyclic) bond motifs is 1. The summed E-state index contributed by atoms with van der Waals surface area (Å²) in [7, 11) is 1.49. The number of aryl methyl sites for hydroxylation is 1. The fourth-order valence-electron chi connectivity index (χ4n) is 4.61. The van der Waals surface area contributed by atoms with Crippen molar-refractivity contribution in [2.24, 2.45) is 0 Å². The number of ether oxygens (including phenoxy) is 2. The first kappa shape index (κ1) is 28.7. The predicted octanol–water partition coefficient (Wildman–Crippen LogP) is 6.48. The molecule has 2 heterocycles. The molecule has 0 radical (unpaired) electrons. The van der Waals surface area contributed by atoms with E-state index in [1.807, 2.05) is 0 Å². The van der Waals surface area contributed by atoms with Gasteiger partial charge in [0.25, 0.3) is 0 Å². The third-order valence-electron chi connectivity index (χ3n) is 6.74. The molecule has 1 N–H and O–H groups in total. The van der Waals surface area contributed by atoms with E-state index >= 15 is 13.2 Å². The van der Waals surface area contributed by atoms with Crippen LogP contribution in [0.4, 0.5) is 17.6 Å². The normalized spacial score (nSPS) is 11.3. The molecular weight excluding hydrogens is 554 g/mol. The average molecular weight is 580 g/mol. The number of carboxylic acid groups (broad SMARTS) is 1. The van der Waals surface area contributed by atoms with Crippen LogP contribution in [0.1, 0.15) is 32.9 Å². The lowest BCUT2D eigenvalue weighted by molar-refractivity contribution is 0.0697. The highest BCUT2D eigenvalue weighted by Gasteiger charge is 2.23. The molecule has 2 aromatic heterocycles. The minimum absolute atomic E-state index is 0.0247. The second-order valence-electron chi connectivity index (χ2n) is 9.62. The van der Waals surface area contributed by atoms with E-state index in [1.165, 1.54) is 49.6 Å². The predicted molar refractivity (Wildman–Crippen MR) is 146 cm³/mol. The Labute approximate surface area is 238 Å². The third kappa shape index (κ3) is 5.82. The second-order valence-corrected chi connectivity index (χ2v) is 9.62. The summed E-state index contributed by atoms with van der Waals surface area (Å²) < 4.78 is 72.6. The molecular formula is C31H25F4N3O4. The van der Waals surface area contributed by atoms with E-state index in [9.17, 15) is 14.3 Å². The van der Waals surface area contributed by atoms with Gasteiger partial charge in [-0.25, -0.2) is 32.3 Å². The zero-order valence-corrected chi connectivity index (χ0v) is 22.6. The SMILES string of the molecule is COCCn1c(Cc2cc(F)c(-c3cccc(OCc4ccc(C)cc4F)n3)c(F)c2F)nc2ccc(C(=O)O)cc21. The maximum atomic E-state index is 15.4. The number of nitrogens with zero attached hydrogens (tertiary/aromatic N) is 3. The molecule has 0 unspecified atom stereocenters. The number of imidazole rings is 1. The second kappa shape index (κ2) is 12.0. The van der Waals surface area contributed by atoms with Crippen molar-refractivity contribution in [2.75, 3.05) is 13.7 Å². The summed E-state index contributed by atoms with van der Waals surface area (Å²) in [6, 6.07) is 14.1. The molecule has 5 aromatic rings. The number of pyridine rings is 1. The van der Waals surface area contributed by atoms with Crippen molar-refractivity contribution in [3.8, 4) is 17.1 Å². The van der Waals surface area contributed by atoms with Gasteiger partial charge in [0, 0.05) is 37.3 Å². The number of carboxylic acids is 1. The van der Waals surface area contributed by atoms with E-state index in [2.05, 4.69) is 9.97 Å². The van der Waals surface area contributed by atoms with Gasteiger partial charge in [-0.15, -0.1) is 0 Å². The maximum Gasteiger partial charge on any atom is 0.335 e. The van der Waals surface area contributed by atoms with Crippen molar-refractivity contribution >= 4 is 17.0 Å². The molecule has 42 heavy (non-hydrogen) atoms. The van der Waals surface area contributed by atoms with Crippen LogP contribution < -0.4 is 4.74 Å². The molecule has 0 bridgehead atoms. The smallest absolute Gasteiger partial charge is 0.335 e. The fourth-order valence-corrected chi connectivity index (χ4v) is 4.61. The molecule has 0 fully saturated rings. The maximum absolute atomic E-state index is 15.4. The minimum Gasteiger partial charge on any atom is -0.478 e. The summed E-state index contributed by atoms with van der Waals surface area (Å²) in [6.07, 6.45) is -0.278. The van der Waals surface area contributed by atoms with Crippen molar-refractivity contribution in [1.29, 1.82) is 0 Å². The standard InChI is InChI=1S/C31H25F4N3O4/c1-17-6-7-19(21(32)12-17)16-42-27-5-3-4-24(37-27)28-22(33)13-20(29(34)30(28)35)15-26-36-23-9-8-18(31(39)40)14-25(23)38(26)10-11-41-2/h3-9,12-14H,10-11,15-16H2,1-2H3,(H,39,40). The highest BCUT2D eigenvalue weighted by molar-refractivity contribution is 5.92. The van der Waals surface area contributed by atoms with Gasteiger partial charge in [-0.3, -0.25) is 0 Å². The molecule has 0 aliphatic carbocycles. The molecule has 0 spiro atoms. The molecule has 0 aliphatic rings. The topological polar surface area (TPSA) is 86.5 Å². The van der Waals surface area contributed by atoms with E-state index < -0.39 is 34.8 Å². The first-order chi connectivity index (χ1) is 20.2. The third-order valence-corrected chi connectivity index (χ3v) is 6.74. The van der Waals surface area contributed by atoms with E-state index in [4.69, 9.17) is 9.47 Å². The van der Waals surface area contributed by atoms with Crippen LogP contribution in [0.3, 0.4) is 0 Å². The van der Waals surface area contributed by atoms with Gasteiger partial charge >= 0.3 is 5.97 Å². The molecule has 7 nitrogen and oxygen atoms in total.